The molecule has 4 saturated heterocycles. The lowest BCUT2D eigenvalue weighted by Gasteiger charge is -2.37. The number of nitrogens with zero attached hydrogens (tertiary/aromatic N) is 18. The maximum atomic E-state index is 14.0. The molecule has 2 amide bonds. The van der Waals surface area contributed by atoms with Gasteiger partial charge in [-0.3, -0.25) is 9.80 Å². The van der Waals surface area contributed by atoms with Crippen LogP contribution in [0.5, 0.6) is 0 Å². The molecule has 10 heterocycles. The maximum absolute atomic E-state index is 14.0. The molecule has 4 N–H and O–H groups in total. The molecule has 10 atom stereocenters. The molecular formula is C84H126BClN18O20P2Si2. The number of anilines is 2. The average molecular weight is 1870 g/mol. The SMILES string of the molecule is CC(C)(C)OC(=O)N(c1nc(/C=C/c2ccccc2)nc2c1cnn2[C@@H]1O[C@H](CO[C@@](CO)(Cc2nnn(COCC[Si](C)(C)C)n2)P(C)(C)=O)[C@H]2OC(C)(C)O[C@H]21)C1CCC1.CC(C)(C)OC(=O)N(c1nc(Cl)nc2c1cnn2[C@@H]1O[C@H](CO[C@@](CO)(Cc2nnn(COCC[Si](C)(C)C)n2)P(C)(C)=O)[C@H]2OC(C)(C)O[C@H]21)C1CCC1.OB(O)/C=C/c1ccccc1. The molecule has 14 rings (SSSR count). The monoisotopic (exact) mass is 1870 g/mol. The highest BCUT2D eigenvalue weighted by atomic mass is 35.5. The lowest BCUT2D eigenvalue weighted by Crippen LogP contribution is -2.47. The molecule has 6 fully saturated rings. The third kappa shape index (κ3) is 25.2. The Morgan fingerprint density at radius 3 is 1.35 bits per heavy atom. The number of tetrazole rings is 2. The Morgan fingerprint density at radius 1 is 0.578 bits per heavy atom. The summed E-state index contributed by atoms with van der Waals surface area (Å²) >= 11 is 6.54. The molecular weight excluding hydrogens is 1750 g/mol. The summed E-state index contributed by atoms with van der Waals surface area (Å²) in [5.41, 5.74) is 1.16. The fourth-order valence-corrected chi connectivity index (χ4v) is 19.2. The minimum absolute atomic E-state index is 0.0757. The molecule has 38 nitrogen and oxygen atoms in total. The van der Waals surface area contributed by atoms with Crippen LogP contribution in [0.15, 0.2) is 79.0 Å². The molecule has 2 aliphatic carbocycles. The van der Waals surface area contributed by atoms with Crippen LogP contribution >= 0.6 is 25.9 Å². The van der Waals surface area contributed by atoms with Gasteiger partial charge in [0, 0.05) is 54.3 Å². The Kier molecular flexibility index (Phi) is 31.4. The van der Waals surface area contributed by atoms with E-state index in [4.69, 9.17) is 93.6 Å². The van der Waals surface area contributed by atoms with Crippen LogP contribution in [0.1, 0.15) is 149 Å². The number of aliphatic hydroxyl groups is 2. The third-order valence-corrected chi connectivity index (χ3v) is 30.7. The van der Waals surface area contributed by atoms with E-state index in [1.807, 2.05) is 122 Å². The van der Waals surface area contributed by atoms with Crippen LogP contribution in [-0.4, -0.2) is 284 Å². The van der Waals surface area contributed by atoms with Crippen molar-refractivity contribution in [1.29, 1.82) is 0 Å². The molecule has 0 bridgehead atoms. The van der Waals surface area contributed by atoms with Crippen LogP contribution in [0.2, 0.25) is 56.7 Å². The van der Waals surface area contributed by atoms with Crippen LogP contribution in [-0.2, 0) is 92.3 Å². The first-order valence-corrected chi connectivity index (χ1v) is 56.4. The Bertz CT molecular complexity index is 5250. The fourth-order valence-electron chi connectivity index (χ4n) is 15.0. The van der Waals surface area contributed by atoms with E-state index in [9.17, 15) is 28.9 Å². The summed E-state index contributed by atoms with van der Waals surface area (Å²) in [4.78, 5) is 52.3. The Labute approximate surface area is 754 Å². The van der Waals surface area contributed by atoms with Gasteiger partial charge in [-0.25, -0.2) is 28.9 Å². The summed E-state index contributed by atoms with van der Waals surface area (Å²) in [5.74, 6) is 0.831. The number of ether oxygens (including phenoxy) is 12. The zero-order valence-corrected chi connectivity index (χ0v) is 81.5. The van der Waals surface area contributed by atoms with Gasteiger partial charge >= 0.3 is 19.3 Å². The van der Waals surface area contributed by atoms with Gasteiger partial charge in [-0.05, 0) is 186 Å². The van der Waals surface area contributed by atoms with Gasteiger partial charge < -0.3 is 86.2 Å². The van der Waals surface area contributed by atoms with Crippen LogP contribution in [0.3, 0.4) is 0 Å². The molecule has 8 aromatic rings. The number of hydrogen-bond acceptors (Lipinski definition) is 32. The van der Waals surface area contributed by atoms with Gasteiger partial charge in [-0.1, -0.05) is 118 Å². The number of carbonyl (C=O) groups excluding carboxylic acids is 2. The first kappa shape index (κ1) is 99.4. The second kappa shape index (κ2) is 40.5. The number of aromatic nitrogens is 16. The minimum Gasteiger partial charge on any atom is -0.443 e. The van der Waals surface area contributed by atoms with E-state index in [0.29, 0.717) is 46.9 Å². The lowest BCUT2D eigenvalue weighted by atomic mass is 9.91. The lowest BCUT2D eigenvalue weighted by molar-refractivity contribution is -0.206. The number of amides is 2. The Balaban J connectivity index is 0.000000208. The molecule has 4 aliphatic heterocycles. The Hall–Kier alpha value is -7.61. The number of fused-ring (bicyclic) bond motifs is 4. The third-order valence-electron chi connectivity index (χ3n) is 22.3. The molecule has 0 spiro atoms. The average Bonchev–Trinajstić information content (AvgIpc) is 1.58. The molecule has 6 aliphatic rings. The van der Waals surface area contributed by atoms with Crippen molar-refractivity contribution in [2.45, 2.75) is 280 Å². The summed E-state index contributed by atoms with van der Waals surface area (Å²) in [7, 11) is -10.3. The minimum atomic E-state index is -3.22. The van der Waals surface area contributed by atoms with Crippen LogP contribution in [0.4, 0.5) is 21.2 Å². The zero-order valence-electron chi connectivity index (χ0n) is 77.0. The van der Waals surface area contributed by atoms with Gasteiger partial charge in [0.05, 0.1) is 49.6 Å². The quantitative estimate of drug-likeness (QED) is 0.0126. The van der Waals surface area contributed by atoms with Crippen molar-refractivity contribution in [2.24, 2.45) is 0 Å². The topological polar surface area (TPSA) is 441 Å². The number of benzene rings is 2. The van der Waals surface area contributed by atoms with E-state index in [1.165, 1.54) is 15.6 Å². The van der Waals surface area contributed by atoms with Gasteiger partial charge in [0.1, 0.15) is 62.1 Å². The molecule has 2 saturated carbocycles. The number of hydrogen-bond donors (Lipinski definition) is 4. The van der Waals surface area contributed by atoms with Crippen molar-refractivity contribution in [3.63, 3.8) is 0 Å². The van der Waals surface area contributed by atoms with Gasteiger partial charge in [0.25, 0.3) is 0 Å². The number of rotatable bonds is 34. The second-order valence-electron chi connectivity index (χ2n) is 39.2. The first-order valence-electron chi connectivity index (χ1n) is 43.4. The van der Waals surface area contributed by atoms with Gasteiger partial charge in [0.2, 0.25) is 5.28 Å². The normalized spacial score (nSPS) is 22.3. The zero-order chi connectivity index (χ0) is 92.9. The number of aliphatic hydroxyl groups excluding tert-OH is 2. The molecule has 2 aromatic carbocycles. The Morgan fingerprint density at radius 2 is 0.977 bits per heavy atom. The summed E-state index contributed by atoms with van der Waals surface area (Å²) in [6, 6.07) is 21.0. The highest BCUT2D eigenvalue weighted by Crippen LogP contribution is 2.56. The molecule has 0 unspecified atom stereocenters. The summed E-state index contributed by atoms with van der Waals surface area (Å²) in [5, 5.41) is 71.3. The van der Waals surface area contributed by atoms with E-state index in [0.717, 1.165) is 61.7 Å². The number of carbonyl (C=O) groups is 2. The predicted molar refractivity (Wildman–Crippen MR) is 487 cm³/mol. The molecule has 44 heteroatoms. The highest BCUT2D eigenvalue weighted by molar-refractivity contribution is 7.64. The van der Waals surface area contributed by atoms with Gasteiger partial charge in [-0.15, -0.1) is 30.0 Å². The van der Waals surface area contributed by atoms with Crippen molar-refractivity contribution in [3.05, 3.63) is 113 Å². The first-order chi connectivity index (χ1) is 60.0. The highest BCUT2D eigenvalue weighted by Gasteiger charge is 2.60. The molecule has 128 heavy (non-hydrogen) atoms. The summed E-state index contributed by atoms with van der Waals surface area (Å²) in [6.45, 7) is 38.0. The van der Waals surface area contributed by atoms with Gasteiger partial charge in [0.15, 0.2) is 88.6 Å². The van der Waals surface area contributed by atoms with Crippen molar-refractivity contribution in [3.8, 4) is 0 Å². The van der Waals surface area contributed by atoms with Crippen molar-refractivity contribution < 1.29 is 95.8 Å². The molecule has 6 aromatic heterocycles. The van der Waals surface area contributed by atoms with Crippen LogP contribution < -0.4 is 9.80 Å². The second-order valence-corrected chi connectivity index (χ2v) is 57.8. The predicted octanol–water partition coefficient (Wildman–Crippen LogP) is 12.3. The van der Waals surface area contributed by atoms with Crippen molar-refractivity contribution >= 4 is 113 Å². The summed E-state index contributed by atoms with van der Waals surface area (Å²) < 4.78 is 106. The van der Waals surface area contributed by atoms with Gasteiger partial charge in [-0.2, -0.15) is 20.2 Å². The van der Waals surface area contributed by atoms with E-state index < -0.39 is 145 Å². The maximum Gasteiger partial charge on any atom is 0.480 e. The number of halogens is 1. The standard InChI is InChI=1S/C42H62N9O9PSi.C34H55ClN9O9PSi.C8H9BO2/c1-40(2,3)60-39(53)50(29-17-14-18-29)36-30-24-43-51(37(30)45-32(44-36)20-19-28-15-12-11-13-16-28)38-35-34(58-41(4,5)59-35)31(57-38)25-56-42(26-52,61(6,7)54)23-33-46-48-49(47-33)27-55-21-22-62(8,9)10;1-32(2,3)53-31(46)43(21-12-11-13-21)27-22-17-36-44(28(22)38-30(35)37-27)29-26-25(51-33(4,5)52-26)23(50-29)18-49-34(19-45,54(6,7)47)16-24-39-41-42(40-24)20-48-14-15-55(8,9)10;10-9(11)7-6-8-4-2-1-3-5-8/h11-13,15-16,19-20,24,29,31,34-35,38,52H,14,17-18,21-23,25-27H2,1-10H3;17,21,23,25-26,29,45H,11-16,18-20H2,1-10H3;1-7,10-11H/b20-19+;;7-6+/t31-,34-,35-,38-,42+;23-,25-,26-,29-,34+;/m11./s1. The van der Waals surface area contributed by atoms with Crippen molar-refractivity contribution in [2.75, 3.05) is 76.1 Å². The molecule has 0 radical (unpaired) electrons. The largest absolute Gasteiger partial charge is 0.480 e. The van der Waals surface area contributed by atoms with Crippen LogP contribution in [0.25, 0.3) is 40.3 Å². The smallest absolute Gasteiger partial charge is 0.443 e. The van der Waals surface area contributed by atoms with Crippen molar-refractivity contribution in [1.82, 2.24) is 79.9 Å². The van der Waals surface area contributed by atoms with E-state index in [-0.39, 0.29) is 74.4 Å². The van der Waals surface area contributed by atoms with E-state index in [1.54, 1.807) is 84.2 Å². The fraction of sp³-hybridized carbons (Fsp3) is 0.643. The molecule has 700 valence electrons. The van der Waals surface area contributed by atoms with E-state index in [2.05, 4.69) is 85.2 Å². The van der Waals surface area contributed by atoms with Crippen LogP contribution in [0, 0.1) is 0 Å². The van der Waals surface area contributed by atoms with E-state index >= 15 is 0 Å². The summed E-state index contributed by atoms with van der Waals surface area (Å²) in [6.07, 6.45) is 6.53.